The van der Waals surface area contributed by atoms with Gasteiger partial charge in [0.25, 0.3) is 0 Å². The Morgan fingerprint density at radius 1 is 0.909 bits per heavy atom. The van der Waals surface area contributed by atoms with Gasteiger partial charge in [-0.1, -0.05) is 0 Å². The Labute approximate surface area is 162 Å². The number of hydrogen-bond donors (Lipinski definition) is 0. The van der Waals surface area contributed by atoms with Gasteiger partial charge in [-0.25, -0.2) is 0 Å². The SMILES string of the molecule is O=S(=O)([O-])OCCCCCCCCC[Se]c1ccccc1.[Na+]. The van der Waals surface area contributed by atoms with Gasteiger partial charge < -0.3 is 0 Å². The van der Waals surface area contributed by atoms with Crippen molar-refractivity contribution < 1.29 is 46.7 Å². The molecule has 0 aliphatic heterocycles. The van der Waals surface area contributed by atoms with Crippen LogP contribution in [0.1, 0.15) is 44.9 Å². The molecule has 1 aromatic rings. The zero-order valence-corrected chi connectivity index (χ0v) is 17.7. The second-order valence-electron chi connectivity index (χ2n) is 4.87. The summed E-state index contributed by atoms with van der Waals surface area (Å²) in [7, 11) is -4.50. The van der Waals surface area contributed by atoms with Gasteiger partial charge >= 0.3 is 164 Å². The molecule has 0 bridgehead atoms. The van der Waals surface area contributed by atoms with Gasteiger partial charge in [0, 0.05) is 0 Å². The fraction of sp³-hybridized carbons (Fsp3) is 0.600. The Balaban J connectivity index is 0.00000441. The molecule has 4 nitrogen and oxygen atoms in total. The van der Waals surface area contributed by atoms with Crippen molar-refractivity contribution in [3.8, 4) is 0 Å². The molecule has 0 saturated heterocycles. The van der Waals surface area contributed by atoms with E-state index in [-0.39, 0.29) is 36.2 Å². The van der Waals surface area contributed by atoms with Crippen LogP contribution in [0.3, 0.4) is 0 Å². The van der Waals surface area contributed by atoms with Gasteiger partial charge in [0.15, 0.2) is 0 Å². The Bertz CT molecular complexity index is 468. The molecule has 0 amide bonds. The summed E-state index contributed by atoms with van der Waals surface area (Å²) in [6.45, 7) is 0.0193. The van der Waals surface area contributed by atoms with Gasteiger partial charge in [-0.05, 0) is 0 Å². The van der Waals surface area contributed by atoms with Gasteiger partial charge in [-0.3, -0.25) is 0 Å². The average Bonchev–Trinajstić information content (AvgIpc) is 2.44. The topological polar surface area (TPSA) is 66.4 Å². The third-order valence-corrected chi connectivity index (χ3v) is 5.79. The van der Waals surface area contributed by atoms with Crippen LogP contribution in [0.15, 0.2) is 30.3 Å². The summed E-state index contributed by atoms with van der Waals surface area (Å²) in [6.07, 6.45) is 7.58. The summed E-state index contributed by atoms with van der Waals surface area (Å²) in [4.78, 5) is 0. The van der Waals surface area contributed by atoms with Crippen LogP contribution in [-0.2, 0) is 14.6 Å². The second-order valence-corrected chi connectivity index (χ2v) is 8.37. The van der Waals surface area contributed by atoms with E-state index in [9.17, 15) is 13.0 Å². The molecule has 0 aliphatic carbocycles. The molecule has 0 saturated carbocycles. The molecule has 1 rings (SSSR count). The number of unbranched alkanes of at least 4 members (excludes halogenated alkanes) is 6. The first-order valence-corrected chi connectivity index (χ1v) is 10.8. The molecule has 120 valence electrons. The van der Waals surface area contributed by atoms with Crippen LogP contribution < -0.4 is 34.0 Å². The molecule has 0 spiro atoms. The fourth-order valence-corrected chi connectivity index (χ4v) is 4.24. The van der Waals surface area contributed by atoms with Crippen molar-refractivity contribution in [3.63, 3.8) is 0 Å². The summed E-state index contributed by atoms with van der Waals surface area (Å²) < 4.78 is 36.2. The van der Waals surface area contributed by atoms with E-state index in [0.29, 0.717) is 21.4 Å². The van der Waals surface area contributed by atoms with Crippen molar-refractivity contribution >= 4 is 29.8 Å². The van der Waals surface area contributed by atoms with Crippen molar-refractivity contribution in [2.45, 2.75) is 50.3 Å². The quantitative estimate of drug-likeness (QED) is 0.208. The summed E-state index contributed by atoms with van der Waals surface area (Å²) in [5.74, 6) is 0. The van der Waals surface area contributed by atoms with E-state index in [1.54, 1.807) is 0 Å². The number of rotatable bonds is 12. The Hall–Kier alpha value is 0.609. The molecule has 0 heterocycles. The van der Waals surface area contributed by atoms with Crippen molar-refractivity contribution in [2.24, 2.45) is 0 Å². The van der Waals surface area contributed by atoms with E-state index in [0.717, 1.165) is 12.8 Å². The largest absolute Gasteiger partial charge is 1.00 e. The first-order chi connectivity index (χ1) is 10.1. The van der Waals surface area contributed by atoms with E-state index in [2.05, 4.69) is 34.5 Å². The first-order valence-electron chi connectivity index (χ1n) is 7.36. The Morgan fingerprint density at radius 2 is 1.45 bits per heavy atom. The van der Waals surface area contributed by atoms with Crippen molar-refractivity contribution in [3.05, 3.63) is 30.3 Å². The predicted octanol–water partition coefficient (Wildman–Crippen LogP) is -0.354. The van der Waals surface area contributed by atoms with Crippen LogP contribution in [0.5, 0.6) is 0 Å². The minimum Gasteiger partial charge on any atom is 1.00 e. The number of benzene rings is 1. The normalized spacial score (nSPS) is 11.1. The minimum absolute atomic E-state index is 0. The molecule has 22 heavy (non-hydrogen) atoms. The third-order valence-electron chi connectivity index (χ3n) is 3.03. The van der Waals surface area contributed by atoms with Gasteiger partial charge in [-0.15, -0.1) is 0 Å². The molecule has 0 unspecified atom stereocenters. The molecule has 0 atom stereocenters. The molecule has 0 N–H and O–H groups in total. The number of hydrogen-bond acceptors (Lipinski definition) is 4. The van der Waals surface area contributed by atoms with Crippen molar-refractivity contribution in [1.29, 1.82) is 0 Å². The summed E-state index contributed by atoms with van der Waals surface area (Å²) >= 11 is 0.600. The summed E-state index contributed by atoms with van der Waals surface area (Å²) in [6, 6.07) is 10.6. The summed E-state index contributed by atoms with van der Waals surface area (Å²) in [5.41, 5.74) is 0. The van der Waals surface area contributed by atoms with Crippen LogP contribution in [0.2, 0.25) is 5.32 Å². The first kappa shape index (κ1) is 22.6. The zero-order chi connectivity index (χ0) is 15.4. The maximum atomic E-state index is 10.2. The van der Waals surface area contributed by atoms with Crippen LogP contribution in [0, 0.1) is 0 Å². The zero-order valence-electron chi connectivity index (χ0n) is 13.2. The molecule has 0 aromatic heterocycles. The average molecular weight is 401 g/mol. The maximum absolute atomic E-state index is 10.2. The standard InChI is InChI=1S/C15H24O4SSe.Na/c16-20(17,18)19-13-9-4-2-1-3-5-10-14-21-15-11-7-6-8-12-15;/h6-8,11-12H,1-5,9-10,13-14H2,(H,16,17,18);/q;+1/p-1. The second kappa shape index (κ2) is 14.0. The monoisotopic (exact) mass is 402 g/mol. The summed E-state index contributed by atoms with van der Waals surface area (Å²) in [5, 5.41) is 1.30. The minimum atomic E-state index is -4.50. The van der Waals surface area contributed by atoms with Gasteiger partial charge in [-0.2, -0.15) is 0 Å². The predicted molar refractivity (Wildman–Crippen MR) is 84.6 cm³/mol. The maximum Gasteiger partial charge on any atom is 1.00 e. The van der Waals surface area contributed by atoms with Crippen LogP contribution in [0.4, 0.5) is 0 Å². The Morgan fingerprint density at radius 3 is 2.05 bits per heavy atom. The third kappa shape index (κ3) is 14.2. The molecule has 0 radical (unpaired) electrons. The van der Waals surface area contributed by atoms with E-state index in [4.69, 9.17) is 0 Å². The van der Waals surface area contributed by atoms with Gasteiger partial charge in [0.05, 0.1) is 0 Å². The van der Waals surface area contributed by atoms with Crippen LogP contribution >= 0.6 is 0 Å². The molecular formula is C15H23NaO4SSe. The molecule has 0 aliphatic rings. The van der Waals surface area contributed by atoms with Gasteiger partial charge in [0.1, 0.15) is 0 Å². The molecule has 0 fully saturated rings. The van der Waals surface area contributed by atoms with Crippen LogP contribution in [-0.4, -0.2) is 34.5 Å². The molecular weight excluding hydrogens is 378 g/mol. The Kier molecular flexibility index (Phi) is 14.4. The molecule has 7 heteroatoms. The smallest absolute Gasteiger partial charge is 1.00 e. The van der Waals surface area contributed by atoms with E-state index < -0.39 is 10.4 Å². The van der Waals surface area contributed by atoms with Crippen molar-refractivity contribution in [1.82, 2.24) is 0 Å². The van der Waals surface area contributed by atoms with Crippen molar-refractivity contribution in [2.75, 3.05) is 6.61 Å². The van der Waals surface area contributed by atoms with E-state index in [1.807, 2.05) is 0 Å². The fourth-order valence-electron chi connectivity index (χ4n) is 1.96. The van der Waals surface area contributed by atoms with E-state index >= 15 is 0 Å². The molecule has 1 aromatic carbocycles. The van der Waals surface area contributed by atoms with Gasteiger partial charge in [0.2, 0.25) is 0 Å². The van der Waals surface area contributed by atoms with E-state index in [1.165, 1.54) is 35.5 Å². The van der Waals surface area contributed by atoms with Crippen LogP contribution in [0.25, 0.3) is 0 Å².